The highest BCUT2D eigenvalue weighted by Gasteiger charge is 2.13. The van der Waals surface area contributed by atoms with Crippen molar-refractivity contribution >= 4 is 17.9 Å². The molecule has 23 heavy (non-hydrogen) atoms. The predicted molar refractivity (Wildman–Crippen MR) is 87.0 cm³/mol. The fourth-order valence-corrected chi connectivity index (χ4v) is 1.92. The number of carbonyl (C=O) groups excluding carboxylic acids is 2. The van der Waals surface area contributed by atoms with Crippen molar-refractivity contribution in [1.82, 2.24) is 10.6 Å². The maximum Gasteiger partial charge on any atom is 0.267 e. The second-order valence-electron chi connectivity index (χ2n) is 4.79. The highest BCUT2D eigenvalue weighted by atomic mass is 19.1. The van der Waals surface area contributed by atoms with E-state index in [1.54, 1.807) is 37.3 Å². The van der Waals surface area contributed by atoms with Gasteiger partial charge >= 0.3 is 0 Å². The lowest BCUT2D eigenvalue weighted by molar-refractivity contribution is -0.117. The summed E-state index contributed by atoms with van der Waals surface area (Å²) in [6, 6.07) is 14.2. The molecule has 0 aliphatic carbocycles. The van der Waals surface area contributed by atoms with Gasteiger partial charge < -0.3 is 10.6 Å². The monoisotopic (exact) mass is 312 g/mol. The van der Waals surface area contributed by atoms with Crippen molar-refractivity contribution in [2.24, 2.45) is 0 Å². The zero-order valence-corrected chi connectivity index (χ0v) is 12.7. The van der Waals surface area contributed by atoms with Gasteiger partial charge in [0.1, 0.15) is 11.5 Å². The lowest BCUT2D eigenvalue weighted by Gasteiger charge is -2.10. The van der Waals surface area contributed by atoms with Crippen molar-refractivity contribution in [3.05, 3.63) is 77.2 Å². The molecule has 0 bridgehead atoms. The summed E-state index contributed by atoms with van der Waals surface area (Å²) in [4.78, 5) is 24.3. The minimum atomic E-state index is -0.402. The predicted octanol–water partition coefficient (Wildman–Crippen LogP) is 2.73. The highest BCUT2D eigenvalue weighted by Crippen LogP contribution is 2.08. The summed E-state index contributed by atoms with van der Waals surface area (Å²) in [5.41, 5.74) is 1.16. The summed E-state index contributed by atoms with van der Waals surface area (Å²) in [7, 11) is 0. The Kier molecular flexibility index (Phi) is 5.63. The first-order valence-electron chi connectivity index (χ1n) is 7.22. The van der Waals surface area contributed by atoms with Crippen molar-refractivity contribution in [2.45, 2.75) is 6.92 Å². The fraction of sp³-hybridized carbons (Fsp3) is 0.111. The molecular weight excluding hydrogens is 295 g/mol. The Morgan fingerprint density at radius 3 is 2.30 bits per heavy atom. The Balaban J connectivity index is 2.25. The Labute approximate surface area is 134 Å². The molecule has 0 radical (unpaired) electrons. The Bertz CT molecular complexity index is 710. The Hall–Kier alpha value is -2.95. The van der Waals surface area contributed by atoms with Crippen molar-refractivity contribution in [3.8, 4) is 0 Å². The number of rotatable bonds is 5. The lowest BCUT2D eigenvalue weighted by atomic mass is 10.1. The van der Waals surface area contributed by atoms with E-state index in [9.17, 15) is 14.0 Å². The van der Waals surface area contributed by atoms with Gasteiger partial charge in [-0.1, -0.05) is 30.3 Å². The number of nitrogens with one attached hydrogen (secondary N) is 2. The molecule has 0 saturated heterocycles. The van der Waals surface area contributed by atoms with Crippen molar-refractivity contribution in [3.63, 3.8) is 0 Å². The van der Waals surface area contributed by atoms with Gasteiger partial charge in [-0.2, -0.15) is 0 Å². The van der Waals surface area contributed by atoms with Gasteiger partial charge in [0.25, 0.3) is 11.8 Å². The quantitative estimate of drug-likeness (QED) is 0.834. The SMILES string of the molecule is CCNC(=O)/C(=C/c1ccc(F)cc1)NC(=O)c1ccccc1. The van der Waals surface area contributed by atoms with Gasteiger partial charge in [-0.15, -0.1) is 0 Å². The minimum Gasteiger partial charge on any atom is -0.351 e. The van der Waals surface area contributed by atoms with Crippen LogP contribution in [-0.2, 0) is 4.79 Å². The molecular formula is C18H17FN2O2. The summed E-state index contributed by atoms with van der Waals surface area (Å²) in [5.74, 6) is -1.15. The summed E-state index contributed by atoms with van der Waals surface area (Å²) < 4.78 is 13.0. The minimum absolute atomic E-state index is 0.104. The molecule has 0 aliphatic heterocycles. The van der Waals surface area contributed by atoms with Gasteiger partial charge in [-0.05, 0) is 42.8 Å². The Morgan fingerprint density at radius 2 is 1.70 bits per heavy atom. The van der Waals surface area contributed by atoms with Crippen molar-refractivity contribution < 1.29 is 14.0 Å². The summed E-state index contributed by atoms with van der Waals surface area (Å²) >= 11 is 0. The third kappa shape index (κ3) is 4.78. The number of carbonyl (C=O) groups is 2. The summed E-state index contributed by atoms with van der Waals surface area (Å²) in [5, 5.41) is 5.24. The number of halogens is 1. The van der Waals surface area contributed by atoms with Crippen LogP contribution in [0.15, 0.2) is 60.3 Å². The molecule has 2 amide bonds. The molecule has 0 atom stereocenters. The van der Waals surface area contributed by atoms with Gasteiger partial charge in [0.15, 0.2) is 0 Å². The van der Waals surface area contributed by atoms with Gasteiger partial charge in [-0.3, -0.25) is 9.59 Å². The molecule has 2 aromatic carbocycles. The normalized spacial score (nSPS) is 11.0. The largest absolute Gasteiger partial charge is 0.351 e. The number of likely N-dealkylation sites (N-methyl/N-ethyl adjacent to an activating group) is 1. The first kappa shape index (κ1) is 16.4. The zero-order chi connectivity index (χ0) is 16.7. The smallest absolute Gasteiger partial charge is 0.267 e. The van der Waals surface area contributed by atoms with E-state index in [0.717, 1.165) is 0 Å². The van der Waals surface area contributed by atoms with E-state index in [0.29, 0.717) is 17.7 Å². The van der Waals surface area contributed by atoms with Gasteiger partial charge in [0.2, 0.25) is 0 Å². The van der Waals surface area contributed by atoms with Crippen LogP contribution in [0.1, 0.15) is 22.8 Å². The van der Waals surface area contributed by atoms with E-state index in [4.69, 9.17) is 0 Å². The molecule has 0 saturated carbocycles. The standard InChI is InChI=1S/C18H17FN2O2/c1-2-20-18(23)16(12-13-8-10-15(19)11-9-13)21-17(22)14-6-4-3-5-7-14/h3-12H,2H2,1H3,(H,20,23)(H,21,22)/b16-12-. The van der Waals surface area contributed by atoms with Crippen LogP contribution in [-0.4, -0.2) is 18.4 Å². The van der Waals surface area contributed by atoms with Gasteiger partial charge in [-0.25, -0.2) is 4.39 Å². The zero-order valence-electron chi connectivity index (χ0n) is 12.7. The van der Waals surface area contributed by atoms with Gasteiger partial charge in [0, 0.05) is 12.1 Å². The maximum atomic E-state index is 13.0. The molecule has 2 rings (SSSR count). The van der Waals surface area contributed by atoms with E-state index < -0.39 is 5.91 Å². The first-order valence-corrected chi connectivity index (χ1v) is 7.22. The molecule has 2 N–H and O–H groups in total. The third-order valence-corrected chi connectivity index (χ3v) is 3.05. The van der Waals surface area contributed by atoms with Crippen LogP contribution in [0.25, 0.3) is 6.08 Å². The molecule has 0 aromatic heterocycles. The maximum absolute atomic E-state index is 13.0. The Morgan fingerprint density at radius 1 is 1.04 bits per heavy atom. The van der Waals surface area contributed by atoms with E-state index >= 15 is 0 Å². The third-order valence-electron chi connectivity index (χ3n) is 3.05. The van der Waals surface area contributed by atoms with Crippen LogP contribution in [0.5, 0.6) is 0 Å². The molecule has 0 aliphatic rings. The van der Waals surface area contributed by atoms with Crippen LogP contribution in [0.2, 0.25) is 0 Å². The molecule has 118 valence electrons. The van der Waals surface area contributed by atoms with E-state index in [1.807, 2.05) is 0 Å². The molecule has 5 heteroatoms. The average molecular weight is 312 g/mol. The first-order chi connectivity index (χ1) is 11.1. The number of benzene rings is 2. The second-order valence-corrected chi connectivity index (χ2v) is 4.79. The number of hydrogen-bond donors (Lipinski definition) is 2. The van der Waals surface area contributed by atoms with Crippen LogP contribution >= 0.6 is 0 Å². The molecule has 4 nitrogen and oxygen atoms in total. The fourth-order valence-electron chi connectivity index (χ4n) is 1.92. The van der Waals surface area contributed by atoms with Crippen LogP contribution in [0, 0.1) is 5.82 Å². The lowest BCUT2D eigenvalue weighted by Crippen LogP contribution is -2.34. The second kappa shape index (κ2) is 7.89. The van der Waals surface area contributed by atoms with E-state index in [-0.39, 0.29) is 17.4 Å². The molecule has 0 unspecified atom stereocenters. The topological polar surface area (TPSA) is 58.2 Å². The molecule has 0 heterocycles. The summed E-state index contributed by atoms with van der Waals surface area (Å²) in [6.45, 7) is 2.22. The average Bonchev–Trinajstić information content (AvgIpc) is 2.57. The van der Waals surface area contributed by atoms with Crippen LogP contribution < -0.4 is 10.6 Å². The van der Waals surface area contributed by atoms with Crippen LogP contribution in [0.3, 0.4) is 0 Å². The number of hydrogen-bond acceptors (Lipinski definition) is 2. The van der Waals surface area contributed by atoms with Crippen LogP contribution in [0.4, 0.5) is 4.39 Å². The van der Waals surface area contributed by atoms with Gasteiger partial charge in [0.05, 0.1) is 0 Å². The van der Waals surface area contributed by atoms with Crippen molar-refractivity contribution in [1.29, 1.82) is 0 Å². The van der Waals surface area contributed by atoms with E-state index in [2.05, 4.69) is 10.6 Å². The molecule has 2 aromatic rings. The molecule has 0 spiro atoms. The number of amides is 2. The highest BCUT2D eigenvalue weighted by molar-refractivity contribution is 6.05. The van der Waals surface area contributed by atoms with E-state index in [1.165, 1.54) is 30.3 Å². The van der Waals surface area contributed by atoms with Crippen molar-refractivity contribution in [2.75, 3.05) is 6.54 Å². The summed E-state index contributed by atoms with van der Waals surface area (Å²) in [6.07, 6.45) is 1.51. The molecule has 0 fully saturated rings.